The van der Waals surface area contributed by atoms with E-state index in [0.717, 1.165) is 4.90 Å². The third-order valence-electron chi connectivity index (χ3n) is 4.21. The van der Waals surface area contributed by atoms with Gasteiger partial charge in [0.05, 0.1) is 13.2 Å². The van der Waals surface area contributed by atoms with E-state index >= 15 is 0 Å². The molecule has 0 aromatic heterocycles. The van der Waals surface area contributed by atoms with Crippen LogP contribution < -0.4 is 5.73 Å². The molecule has 30 heavy (non-hydrogen) atoms. The van der Waals surface area contributed by atoms with Crippen LogP contribution in [0.3, 0.4) is 0 Å². The number of benzene rings is 1. The predicted octanol–water partition coefficient (Wildman–Crippen LogP) is 0.823. The largest absolute Gasteiger partial charge is 0.459 e. The molecule has 1 aromatic carbocycles. The van der Waals surface area contributed by atoms with Gasteiger partial charge in [-0.3, -0.25) is 19.3 Å². The fraction of sp³-hybridized carbons (Fsp3) is 0.429. The second-order valence-corrected chi connectivity index (χ2v) is 7.61. The minimum absolute atomic E-state index is 0.121. The van der Waals surface area contributed by atoms with Crippen molar-refractivity contribution in [2.24, 2.45) is 5.73 Å². The van der Waals surface area contributed by atoms with E-state index in [1.165, 1.54) is 18.2 Å². The van der Waals surface area contributed by atoms with Crippen LogP contribution in [0.15, 0.2) is 43.0 Å². The molecule has 0 saturated carbocycles. The molecule has 2 atom stereocenters. The van der Waals surface area contributed by atoms with Crippen LogP contribution in [0.1, 0.15) is 31.1 Å². The Hall–Kier alpha value is -3.04. The molecule has 1 heterocycles. The van der Waals surface area contributed by atoms with Gasteiger partial charge in [-0.25, -0.2) is 4.79 Å². The molecule has 2 unspecified atom stereocenters. The SMILES string of the molecule is C=CCOC(=O)C1(C(N)C(=O)OC(C)(C)C)OCCN(C(=O)c2ccccc2)C1=O. The molecule has 0 spiro atoms. The van der Waals surface area contributed by atoms with Crippen LogP contribution in [-0.2, 0) is 28.6 Å². The lowest BCUT2D eigenvalue weighted by atomic mass is 9.90. The zero-order chi connectivity index (χ0) is 22.5. The molecule has 0 bridgehead atoms. The summed E-state index contributed by atoms with van der Waals surface area (Å²) in [6.07, 6.45) is 1.28. The van der Waals surface area contributed by atoms with Crippen molar-refractivity contribution >= 4 is 23.8 Å². The minimum atomic E-state index is -2.56. The molecule has 2 rings (SSSR count). The number of ether oxygens (including phenoxy) is 3. The Morgan fingerprint density at radius 2 is 1.93 bits per heavy atom. The highest BCUT2D eigenvalue weighted by atomic mass is 16.6. The van der Waals surface area contributed by atoms with Crippen molar-refractivity contribution < 1.29 is 33.4 Å². The number of nitrogens with two attached hydrogens (primary N) is 1. The number of carbonyl (C=O) groups excluding carboxylic acids is 4. The molecular weight excluding hydrogens is 392 g/mol. The van der Waals surface area contributed by atoms with E-state index in [1.54, 1.807) is 39.0 Å². The maximum atomic E-state index is 13.3. The van der Waals surface area contributed by atoms with E-state index in [-0.39, 0.29) is 25.3 Å². The fourth-order valence-corrected chi connectivity index (χ4v) is 2.86. The van der Waals surface area contributed by atoms with Gasteiger partial charge < -0.3 is 19.9 Å². The van der Waals surface area contributed by atoms with Crippen LogP contribution in [-0.4, -0.2) is 65.7 Å². The van der Waals surface area contributed by atoms with E-state index in [1.807, 2.05) is 0 Å². The van der Waals surface area contributed by atoms with Crippen molar-refractivity contribution in [3.8, 4) is 0 Å². The van der Waals surface area contributed by atoms with Gasteiger partial charge in [-0.05, 0) is 32.9 Å². The van der Waals surface area contributed by atoms with Crippen molar-refractivity contribution in [1.82, 2.24) is 4.90 Å². The summed E-state index contributed by atoms with van der Waals surface area (Å²) in [6, 6.07) is 6.18. The molecule has 0 aliphatic carbocycles. The number of nitrogens with zero attached hydrogens (tertiary/aromatic N) is 1. The summed E-state index contributed by atoms with van der Waals surface area (Å²) in [7, 11) is 0. The highest BCUT2D eigenvalue weighted by Gasteiger charge is 2.62. The molecule has 2 N–H and O–H groups in total. The van der Waals surface area contributed by atoms with Crippen LogP contribution in [0.4, 0.5) is 0 Å². The third kappa shape index (κ3) is 4.74. The molecule has 0 radical (unpaired) electrons. The summed E-state index contributed by atoms with van der Waals surface area (Å²) in [5, 5.41) is 0. The Bertz CT molecular complexity index is 832. The smallest absolute Gasteiger partial charge is 0.351 e. The van der Waals surface area contributed by atoms with Gasteiger partial charge >= 0.3 is 11.9 Å². The molecule has 9 nitrogen and oxygen atoms in total. The number of morpholine rings is 1. The van der Waals surface area contributed by atoms with Crippen LogP contribution in [0.2, 0.25) is 0 Å². The fourth-order valence-electron chi connectivity index (χ4n) is 2.86. The van der Waals surface area contributed by atoms with Crippen molar-refractivity contribution in [1.29, 1.82) is 0 Å². The number of hydrogen-bond donors (Lipinski definition) is 1. The van der Waals surface area contributed by atoms with Gasteiger partial charge in [-0.15, -0.1) is 0 Å². The Balaban J connectivity index is 2.45. The van der Waals surface area contributed by atoms with Gasteiger partial charge in [0.25, 0.3) is 17.4 Å². The van der Waals surface area contributed by atoms with E-state index in [4.69, 9.17) is 19.9 Å². The number of imide groups is 1. The molecular formula is C21H26N2O7. The average Bonchev–Trinajstić information content (AvgIpc) is 2.70. The molecule has 1 aliphatic heterocycles. The number of hydrogen-bond acceptors (Lipinski definition) is 8. The van der Waals surface area contributed by atoms with Gasteiger partial charge in [0.1, 0.15) is 12.2 Å². The zero-order valence-corrected chi connectivity index (χ0v) is 17.3. The molecule has 1 aliphatic rings. The number of rotatable bonds is 6. The standard InChI is InChI=1S/C21H26N2O7/c1-5-12-28-19(27)21(15(22)17(25)30-20(2,3)4)18(26)23(11-13-29-21)16(24)14-9-7-6-8-10-14/h5-10,15H,1,11-13,22H2,2-4H3. The molecule has 1 aromatic rings. The highest BCUT2D eigenvalue weighted by molar-refractivity contribution is 6.17. The Kier molecular flexibility index (Phi) is 7.12. The van der Waals surface area contributed by atoms with Gasteiger partial charge in [-0.2, -0.15) is 0 Å². The molecule has 1 saturated heterocycles. The van der Waals surface area contributed by atoms with E-state index < -0.39 is 41.0 Å². The topological polar surface area (TPSA) is 125 Å². The van der Waals surface area contributed by atoms with Crippen molar-refractivity contribution in [2.45, 2.75) is 38.0 Å². The first-order valence-corrected chi connectivity index (χ1v) is 9.36. The first kappa shape index (κ1) is 23.2. The summed E-state index contributed by atoms with van der Waals surface area (Å²) in [4.78, 5) is 52.5. The molecule has 2 amide bonds. The molecule has 1 fully saturated rings. The highest BCUT2D eigenvalue weighted by Crippen LogP contribution is 2.28. The lowest BCUT2D eigenvalue weighted by molar-refractivity contribution is -0.199. The zero-order valence-electron chi connectivity index (χ0n) is 17.3. The average molecular weight is 418 g/mol. The van der Waals surface area contributed by atoms with E-state index in [9.17, 15) is 19.2 Å². The predicted molar refractivity (Wildman–Crippen MR) is 106 cm³/mol. The van der Waals surface area contributed by atoms with Crippen LogP contribution in [0, 0.1) is 0 Å². The minimum Gasteiger partial charge on any atom is -0.459 e. The second-order valence-electron chi connectivity index (χ2n) is 7.61. The lowest BCUT2D eigenvalue weighted by Gasteiger charge is -2.41. The monoisotopic (exact) mass is 418 g/mol. The lowest BCUT2D eigenvalue weighted by Crippen LogP contribution is -2.72. The second kappa shape index (κ2) is 9.19. The Labute approximate surface area is 174 Å². The van der Waals surface area contributed by atoms with Crippen molar-refractivity contribution in [3.05, 3.63) is 48.6 Å². The summed E-state index contributed by atoms with van der Waals surface area (Å²) in [6.45, 7) is 7.67. The van der Waals surface area contributed by atoms with E-state index in [2.05, 4.69) is 6.58 Å². The maximum Gasteiger partial charge on any atom is 0.351 e. The van der Waals surface area contributed by atoms with Crippen molar-refractivity contribution in [3.63, 3.8) is 0 Å². The Morgan fingerprint density at radius 3 is 2.50 bits per heavy atom. The number of esters is 2. The first-order valence-electron chi connectivity index (χ1n) is 9.36. The van der Waals surface area contributed by atoms with Crippen LogP contribution in [0.25, 0.3) is 0 Å². The summed E-state index contributed by atoms with van der Waals surface area (Å²) in [5.74, 6) is -3.98. The van der Waals surface area contributed by atoms with Gasteiger partial charge in [0.15, 0.2) is 6.04 Å². The normalized spacial score (nSPS) is 20.3. The number of carbonyl (C=O) groups is 4. The van der Waals surface area contributed by atoms with Crippen LogP contribution in [0.5, 0.6) is 0 Å². The number of amides is 2. The van der Waals surface area contributed by atoms with Gasteiger partial charge in [0.2, 0.25) is 0 Å². The van der Waals surface area contributed by atoms with E-state index in [0.29, 0.717) is 0 Å². The summed E-state index contributed by atoms with van der Waals surface area (Å²) < 4.78 is 15.7. The quantitative estimate of drug-likeness (QED) is 0.312. The molecule has 9 heteroatoms. The summed E-state index contributed by atoms with van der Waals surface area (Å²) in [5.41, 5.74) is 2.75. The third-order valence-corrected chi connectivity index (χ3v) is 4.21. The molecule has 162 valence electrons. The van der Waals surface area contributed by atoms with Gasteiger partial charge in [-0.1, -0.05) is 30.9 Å². The summed E-state index contributed by atoms with van der Waals surface area (Å²) >= 11 is 0. The first-order chi connectivity index (χ1) is 14.0. The van der Waals surface area contributed by atoms with Crippen molar-refractivity contribution in [2.75, 3.05) is 19.8 Å². The maximum absolute atomic E-state index is 13.3. The van der Waals surface area contributed by atoms with Crippen LogP contribution >= 0.6 is 0 Å². The van der Waals surface area contributed by atoms with Gasteiger partial charge in [0, 0.05) is 5.56 Å². The Morgan fingerprint density at radius 1 is 1.30 bits per heavy atom.